The highest BCUT2D eigenvalue weighted by molar-refractivity contribution is 5.94. The Morgan fingerprint density at radius 2 is 2.50 bits per heavy atom. The molecule has 0 aromatic heterocycles. The molecular weight excluding hydrogens is 176 g/mol. The van der Waals surface area contributed by atoms with E-state index in [2.05, 4.69) is 13.0 Å². The van der Waals surface area contributed by atoms with Crippen molar-refractivity contribution in [1.29, 1.82) is 0 Å². The summed E-state index contributed by atoms with van der Waals surface area (Å²) >= 11 is 0. The minimum Gasteiger partial charge on any atom is -0.427 e. The molecule has 1 unspecified atom stereocenters. The highest BCUT2D eigenvalue weighted by atomic mass is 16.5. The monoisotopic (exact) mass is 190 g/mol. The Balaban J connectivity index is 2.21. The van der Waals surface area contributed by atoms with Crippen molar-refractivity contribution in [3.63, 3.8) is 0 Å². The average molecular weight is 190 g/mol. The van der Waals surface area contributed by atoms with E-state index in [-0.39, 0.29) is 11.9 Å². The molecule has 74 valence electrons. The third-order valence-electron chi connectivity index (χ3n) is 2.58. The lowest BCUT2D eigenvalue weighted by atomic mass is 9.91. The van der Waals surface area contributed by atoms with Gasteiger partial charge in [0.1, 0.15) is 5.76 Å². The molecule has 2 aliphatic rings. The van der Waals surface area contributed by atoms with Gasteiger partial charge in [0, 0.05) is 5.57 Å². The summed E-state index contributed by atoms with van der Waals surface area (Å²) in [6.45, 7) is 2.12. The van der Waals surface area contributed by atoms with Gasteiger partial charge in [-0.1, -0.05) is 31.6 Å². The fourth-order valence-corrected chi connectivity index (χ4v) is 1.82. The smallest absolute Gasteiger partial charge is 0.339 e. The van der Waals surface area contributed by atoms with Gasteiger partial charge in [-0.25, -0.2) is 4.79 Å². The minimum absolute atomic E-state index is 0.165. The number of hydrogen-bond acceptors (Lipinski definition) is 2. The molecule has 2 nitrogen and oxygen atoms in total. The van der Waals surface area contributed by atoms with E-state index in [1.165, 1.54) is 0 Å². The number of carbonyl (C=O) groups excluding carboxylic acids is 1. The van der Waals surface area contributed by atoms with E-state index in [4.69, 9.17) is 4.74 Å². The van der Waals surface area contributed by atoms with Crippen LogP contribution < -0.4 is 0 Å². The Bertz CT molecular complexity index is 334. The van der Waals surface area contributed by atoms with Crippen molar-refractivity contribution < 1.29 is 9.53 Å². The van der Waals surface area contributed by atoms with Crippen molar-refractivity contribution in [2.45, 2.75) is 26.2 Å². The number of allylic oxidation sites excluding steroid dienone is 5. The fourth-order valence-electron chi connectivity index (χ4n) is 1.82. The summed E-state index contributed by atoms with van der Waals surface area (Å²) in [6.07, 6.45) is 10.9. The zero-order chi connectivity index (χ0) is 9.97. The van der Waals surface area contributed by atoms with Crippen molar-refractivity contribution in [2.24, 2.45) is 5.92 Å². The Morgan fingerprint density at radius 1 is 1.64 bits per heavy atom. The second-order valence-electron chi connectivity index (χ2n) is 3.62. The third-order valence-corrected chi connectivity index (χ3v) is 2.58. The first-order chi connectivity index (χ1) is 6.83. The van der Waals surface area contributed by atoms with Crippen molar-refractivity contribution in [3.05, 3.63) is 35.6 Å². The molecule has 0 N–H and O–H groups in total. The number of fused-ring (bicyclic) bond motifs is 1. The predicted molar refractivity (Wildman–Crippen MR) is 54.4 cm³/mol. The lowest BCUT2D eigenvalue weighted by Gasteiger charge is -2.09. The molecule has 0 spiro atoms. The molecule has 0 radical (unpaired) electrons. The Labute approximate surface area is 83.9 Å². The fraction of sp³-hybridized carbons (Fsp3) is 0.417. The van der Waals surface area contributed by atoms with E-state index < -0.39 is 0 Å². The molecule has 0 saturated carbocycles. The standard InChI is InChI=1S/C12H14O2/c1-2-3-8-11-9-6-4-5-7-10(9)12(13)14-11/h4-5,7-9H,2-3,6H2,1H3. The third kappa shape index (κ3) is 1.52. The molecule has 0 bridgehead atoms. The second-order valence-corrected chi connectivity index (χ2v) is 3.62. The molecule has 0 amide bonds. The molecule has 1 fully saturated rings. The molecule has 0 aromatic carbocycles. The minimum atomic E-state index is -0.165. The van der Waals surface area contributed by atoms with Gasteiger partial charge in [0.25, 0.3) is 0 Å². The van der Waals surface area contributed by atoms with Gasteiger partial charge in [0.05, 0.1) is 5.92 Å². The van der Waals surface area contributed by atoms with Gasteiger partial charge in [0.15, 0.2) is 0 Å². The lowest BCUT2D eigenvalue weighted by molar-refractivity contribution is -0.132. The Morgan fingerprint density at radius 3 is 3.29 bits per heavy atom. The number of esters is 1. The zero-order valence-electron chi connectivity index (χ0n) is 8.32. The van der Waals surface area contributed by atoms with E-state index >= 15 is 0 Å². The predicted octanol–water partition coefficient (Wildman–Crippen LogP) is 2.73. The van der Waals surface area contributed by atoms with Gasteiger partial charge < -0.3 is 4.74 Å². The summed E-state index contributed by atoms with van der Waals surface area (Å²) in [5.74, 6) is 0.883. The Hall–Kier alpha value is -1.31. The maximum absolute atomic E-state index is 11.4. The van der Waals surface area contributed by atoms with Gasteiger partial charge in [-0.15, -0.1) is 0 Å². The number of cyclic esters (lactones) is 1. The molecule has 0 aromatic rings. The summed E-state index contributed by atoms with van der Waals surface area (Å²) in [6, 6.07) is 0. The van der Waals surface area contributed by atoms with Crippen LogP contribution in [0, 0.1) is 5.92 Å². The number of ether oxygens (including phenoxy) is 1. The van der Waals surface area contributed by atoms with Gasteiger partial charge in [0.2, 0.25) is 0 Å². The van der Waals surface area contributed by atoms with Gasteiger partial charge in [-0.2, -0.15) is 0 Å². The SMILES string of the molecule is CCCC=C1OC(=O)C2=CC=CCC12. The maximum atomic E-state index is 11.4. The van der Waals surface area contributed by atoms with Crippen LogP contribution in [0.5, 0.6) is 0 Å². The quantitative estimate of drug-likeness (QED) is 0.626. The molecule has 14 heavy (non-hydrogen) atoms. The van der Waals surface area contributed by atoms with Crippen molar-refractivity contribution in [3.8, 4) is 0 Å². The second kappa shape index (κ2) is 3.82. The van der Waals surface area contributed by atoms with Crippen LogP contribution >= 0.6 is 0 Å². The average Bonchev–Trinajstić information content (AvgIpc) is 2.54. The Kier molecular flexibility index (Phi) is 2.53. The van der Waals surface area contributed by atoms with Gasteiger partial charge >= 0.3 is 5.97 Å². The van der Waals surface area contributed by atoms with Crippen LogP contribution in [-0.2, 0) is 9.53 Å². The van der Waals surface area contributed by atoms with Crippen LogP contribution in [0.2, 0.25) is 0 Å². The molecule has 1 heterocycles. The summed E-state index contributed by atoms with van der Waals surface area (Å²) in [5, 5.41) is 0. The molecule has 1 atom stereocenters. The number of rotatable bonds is 2. The molecule has 1 aliphatic heterocycles. The first-order valence-electron chi connectivity index (χ1n) is 5.12. The molecule has 2 heteroatoms. The number of unbranched alkanes of at least 4 members (excludes halogenated alkanes) is 1. The molecule has 1 saturated heterocycles. The first-order valence-corrected chi connectivity index (χ1v) is 5.12. The summed E-state index contributed by atoms with van der Waals surface area (Å²) in [4.78, 5) is 11.4. The van der Waals surface area contributed by atoms with Gasteiger partial charge in [-0.3, -0.25) is 0 Å². The van der Waals surface area contributed by atoms with E-state index in [1.807, 2.05) is 18.2 Å². The van der Waals surface area contributed by atoms with Crippen LogP contribution in [0.25, 0.3) is 0 Å². The topological polar surface area (TPSA) is 26.3 Å². The van der Waals surface area contributed by atoms with Crippen LogP contribution in [-0.4, -0.2) is 5.97 Å². The molecule has 2 rings (SSSR count). The lowest BCUT2D eigenvalue weighted by Crippen LogP contribution is -2.03. The largest absolute Gasteiger partial charge is 0.427 e. The van der Waals surface area contributed by atoms with Crippen molar-refractivity contribution >= 4 is 5.97 Å². The summed E-state index contributed by atoms with van der Waals surface area (Å²) < 4.78 is 5.22. The first kappa shape index (κ1) is 9.25. The van der Waals surface area contributed by atoms with Crippen LogP contribution in [0.4, 0.5) is 0 Å². The van der Waals surface area contributed by atoms with Crippen LogP contribution in [0.1, 0.15) is 26.2 Å². The van der Waals surface area contributed by atoms with E-state index in [0.717, 1.165) is 30.6 Å². The zero-order valence-corrected chi connectivity index (χ0v) is 8.32. The van der Waals surface area contributed by atoms with E-state index in [9.17, 15) is 4.79 Å². The van der Waals surface area contributed by atoms with Crippen LogP contribution in [0.15, 0.2) is 35.6 Å². The maximum Gasteiger partial charge on any atom is 0.339 e. The normalized spacial score (nSPS) is 27.5. The van der Waals surface area contributed by atoms with E-state index in [0.29, 0.717) is 0 Å². The highest BCUT2D eigenvalue weighted by Crippen LogP contribution is 2.36. The van der Waals surface area contributed by atoms with E-state index in [1.54, 1.807) is 0 Å². The number of hydrogen-bond donors (Lipinski definition) is 0. The van der Waals surface area contributed by atoms with Crippen molar-refractivity contribution in [1.82, 2.24) is 0 Å². The highest BCUT2D eigenvalue weighted by Gasteiger charge is 2.35. The summed E-state index contributed by atoms with van der Waals surface area (Å²) in [5.41, 5.74) is 0.815. The number of carbonyl (C=O) groups is 1. The molecular formula is C12H14O2. The summed E-state index contributed by atoms with van der Waals surface area (Å²) in [7, 11) is 0. The van der Waals surface area contributed by atoms with Crippen LogP contribution in [0.3, 0.4) is 0 Å². The van der Waals surface area contributed by atoms with Gasteiger partial charge in [-0.05, 0) is 18.9 Å². The van der Waals surface area contributed by atoms with Crippen molar-refractivity contribution in [2.75, 3.05) is 0 Å². The molecule has 1 aliphatic carbocycles.